The standard InChI is InChI=1S/C25H33F3N4O3/c1-17-29-15-21(35-17)14-23(33)30-20-5-2-18(3-6-20)8-11-32-12-9-19-4-7-24(31-22(19)10-13-32)34-16-25(26,27)28/h4,7,15,18,20H,2-3,5-6,8-14,16H2,1H3,(H,30,33). The highest BCUT2D eigenvalue weighted by atomic mass is 19.4. The molecule has 10 heteroatoms. The summed E-state index contributed by atoms with van der Waals surface area (Å²) in [5.74, 6) is 1.82. The average Bonchev–Trinajstić information content (AvgIpc) is 3.10. The highest BCUT2D eigenvalue weighted by Gasteiger charge is 2.29. The van der Waals surface area contributed by atoms with Crippen LogP contribution in [-0.2, 0) is 24.1 Å². The van der Waals surface area contributed by atoms with Crippen molar-refractivity contribution in [1.82, 2.24) is 20.2 Å². The van der Waals surface area contributed by atoms with Crippen LogP contribution in [0.3, 0.4) is 0 Å². The first kappa shape index (κ1) is 25.5. The van der Waals surface area contributed by atoms with E-state index in [2.05, 4.69) is 20.2 Å². The number of rotatable bonds is 8. The van der Waals surface area contributed by atoms with E-state index >= 15 is 0 Å². The van der Waals surface area contributed by atoms with E-state index in [1.54, 1.807) is 13.1 Å². The molecule has 35 heavy (non-hydrogen) atoms. The Morgan fingerprint density at radius 3 is 2.69 bits per heavy atom. The van der Waals surface area contributed by atoms with Crippen LogP contribution in [0.25, 0.3) is 0 Å². The molecule has 4 rings (SSSR count). The number of carbonyl (C=O) groups excluding carboxylic acids is 1. The molecule has 7 nitrogen and oxygen atoms in total. The van der Waals surface area contributed by atoms with Gasteiger partial charge in [0.05, 0.1) is 12.6 Å². The van der Waals surface area contributed by atoms with Crippen molar-refractivity contribution in [2.45, 2.75) is 70.5 Å². The summed E-state index contributed by atoms with van der Waals surface area (Å²) >= 11 is 0. The van der Waals surface area contributed by atoms with Crippen LogP contribution in [-0.4, -0.2) is 59.2 Å². The van der Waals surface area contributed by atoms with Gasteiger partial charge in [0.2, 0.25) is 11.8 Å². The summed E-state index contributed by atoms with van der Waals surface area (Å²) in [4.78, 5) is 23.0. The Morgan fingerprint density at radius 2 is 1.97 bits per heavy atom. The maximum atomic E-state index is 12.4. The third kappa shape index (κ3) is 7.95. The minimum absolute atomic E-state index is 0.0192. The SMILES string of the molecule is Cc1ncc(CC(=O)NC2CCC(CCN3CCc4ccc(OCC(F)(F)F)nc4CC3)CC2)o1. The van der Waals surface area contributed by atoms with Crippen molar-refractivity contribution in [2.75, 3.05) is 26.2 Å². The van der Waals surface area contributed by atoms with Crippen LogP contribution in [0.1, 0.15) is 55.0 Å². The van der Waals surface area contributed by atoms with Crippen LogP contribution in [0.4, 0.5) is 13.2 Å². The van der Waals surface area contributed by atoms with Crippen molar-refractivity contribution in [3.8, 4) is 5.88 Å². The first-order chi connectivity index (χ1) is 16.7. The number of amides is 1. The Labute approximate surface area is 203 Å². The summed E-state index contributed by atoms with van der Waals surface area (Å²) in [6, 6.07) is 3.59. The molecule has 0 unspecified atom stereocenters. The Balaban J connectivity index is 1.16. The Bertz CT molecular complexity index is 987. The van der Waals surface area contributed by atoms with Gasteiger partial charge >= 0.3 is 6.18 Å². The van der Waals surface area contributed by atoms with Crippen LogP contribution in [0.5, 0.6) is 5.88 Å². The monoisotopic (exact) mass is 494 g/mol. The van der Waals surface area contributed by atoms with Gasteiger partial charge in [0, 0.05) is 44.2 Å². The molecule has 0 spiro atoms. The zero-order valence-electron chi connectivity index (χ0n) is 20.1. The zero-order valence-corrected chi connectivity index (χ0v) is 20.1. The lowest BCUT2D eigenvalue weighted by atomic mass is 9.84. The first-order valence-corrected chi connectivity index (χ1v) is 12.3. The highest BCUT2D eigenvalue weighted by molar-refractivity contribution is 5.78. The van der Waals surface area contributed by atoms with Crippen molar-refractivity contribution in [3.05, 3.63) is 41.2 Å². The van der Waals surface area contributed by atoms with E-state index in [0.29, 0.717) is 24.0 Å². The van der Waals surface area contributed by atoms with Gasteiger partial charge in [-0.2, -0.15) is 13.2 Å². The molecule has 0 bridgehead atoms. The van der Waals surface area contributed by atoms with E-state index in [-0.39, 0.29) is 24.2 Å². The number of oxazole rings is 1. The van der Waals surface area contributed by atoms with Crippen LogP contribution < -0.4 is 10.1 Å². The molecule has 0 atom stereocenters. The van der Waals surface area contributed by atoms with Gasteiger partial charge in [-0.3, -0.25) is 4.79 Å². The summed E-state index contributed by atoms with van der Waals surface area (Å²) < 4.78 is 47.4. The van der Waals surface area contributed by atoms with Crippen molar-refractivity contribution in [2.24, 2.45) is 5.92 Å². The predicted molar refractivity (Wildman–Crippen MR) is 123 cm³/mol. The lowest BCUT2D eigenvalue weighted by Gasteiger charge is -2.30. The number of aryl methyl sites for hydroxylation is 1. The third-order valence-electron chi connectivity index (χ3n) is 6.86. The van der Waals surface area contributed by atoms with Gasteiger partial charge in [-0.25, -0.2) is 9.97 Å². The summed E-state index contributed by atoms with van der Waals surface area (Å²) in [5.41, 5.74) is 1.92. The Hall–Kier alpha value is -2.62. The van der Waals surface area contributed by atoms with E-state index in [0.717, 1.165) is 69.4 Å². The van der Waals surface area contributed by atoms with E-state index in [1.807, 2.05) is 6.07 Å². The van der Waals surface area contributed by atoms with Crippen molar-refractivity contribution >= 4 is 5.91 Å². The molecule has 2 aromatic heterocycles. The molecule has 3 heterocycles. The fraction of sp³-hybridized carbons (Fsp3) is 0.640. The molecule has 2 aromatic rings. The van der Waals surface area contributed by atoms with Crippen molar-refractivity contribution < 1.29 is 27.1 Å². The second-order valence-electron chi connectivity index (χ2n) is 9.60. The smallest absolute Gasteiger partial charge is 0.422 e. The van der Waals surface area contributed by atoms with E-state index in [9.17, 15) is 18.0 Å². The number of ether oxygens (including phenoxy) is 1. The molecule has 1 aliphatic heterocycles. The number of nitrogens with one attached hydrogen (secondary N) is 1. The van der Waals surface area contributed by atoms with E-state index < -0.39 is 12.8 Å². The number of hydrogen-bond donors (Lipinski definition) is 1. The summed E-state index contributed by atoms with van der Waals surface area (Å²) in [6.07, 6.45) is 4.29. The minimum atomic E-state index is -4.37. The molecule has 0 aromatic carbocycles. The molecule has 1 N–H and O–H groups in total. The lowest BCUT2D eigenvalue weighted by Crippen LogP contribution is -2.39. The number of fused-ring (bicyclic) bond motifs is 1. The number of carbonyl (C=O) groups is 1. The number of nitrogens with zero attached hydrogens (tertiary/aromatic N) is 3. The number of halogens is 3. The third-order valence-corrected chi connectivity index (χ3v) is 6.86. The molecule has 1 fully saturated rings. The Morgan fingerprint density at radius 1 is 1.20 bits per heavy atom. The van der Waals surface area contributed by atoms with Gasteiger partial charge in [-0.1, -0.05) is 6.07 Å². The normalized spacial score (nSPS) is 21.3. The average molecular weight is 495 g/mol. The maximum absolute atomic E-state index is 12.4. The molecule has 1 amide bonds. The fourth-order valence-corrected chi connectivity index (χ4v) is 4.95. The second kappa shape index (κ2) is 11.4. The van der Waals surface area contributed by atoms with Crippen LogP contribution in [0.2, 0.25) is 0 Å². The topological polar surface area (TPSA) is 80.5 Å². The number of hydrogen-bond acceptors (Lipinski definition) is 6. The molecule has 0 radical (unpaired) electrons. The van der Waals surface area contributed by atoms with E-state index in [1.165, 1.54) is 6.07 Å². The lowest BCUT2D eigenvalue weighted by molar-refractivity contribution is -0.154. The number of alkyl halides is 3. The minimum Gasteiger partial charge on any atom is -0.468 e. The fourth-order valence-electron chi connectivity index (χ4n) is 4.95. The predicted octanol–water partition coefficient (Wildman–Crippen LogP) is 4.03. The van der Waals surface area contributed by atoms with Gasteiger partial charge in [0.1, 0.15) is 5.76 Å². The van der Waals surface area contributed by atoms with E-state index in [4.69, 9.17) is 9.15 Å². The molecule has 2 aliphatic rings. The molecular formula is C25H33F3N4O3. The quantitative estimate of drug-likeness (QED) is 0.597. The first-order valence-electron chi connectivity index (χ1n) is 12.3. The molecule has 1 saturated carbocycles. The van der Waals surface area contributed by atoms with Gasteiger partial charge in [-0.05, 0) is 56.6 Å². The number of aromatic nitrogens is 2. The van der Waals surface area contributed by atoms with Gasteiger partial charge < -0.3 is 19.4 Å². The summed E-state index contributed by atoms with van der Waals surface area (Å²) in [5, 5.41) is 3.13. The Kier molecular flexibility index (Phi) is 8.30. The summed E-state index contributed by atoms with van der Waals surface area (Å²) in [7, 11) is 0. The van der Waals surface area contributed by atoms with Crippen LogP contribution in [0.15, 0.2) is 22.7 Å². The molecule has 1 aliphatic carbocycles. The molecule has 0 saturated heterocycles. The van der Waals surface area contributed by atoms with Gasteiger partial charge in [-0.15, -0.1) is 0 Å². The molecular weight excluding hydrogens is 461 g/mol. The largest absolute Gasteiger partial charge is 0.468 e. The molecule has 192 valence electrons. The van der Waals surface area contributed by atoms with Gasteiger partial charge in [0.25, 0.3) is 0 Å². The summed E-state index contributed by atoms with van der Waals surface area (Å²) in [6.45, 7) is 3.20. The van der Waals surface area contributed by atoms with Crippen LogP contribution >= 0.6 is 0 Å². The highest BCUT2D eigenvalue weighted by Crippen LogP contribution is 2.28. The van der Waals surface area contributed by atoms with Crippen molar-refractivity contribution in [1.29, 1.82) is 0 Å². The second-order valence-corrected chi connectivity index (χ2v) is 9.60. The van der Waals surface area contributed by atoms with Crippen LogP contribution in [0, 0.1) is 12.8 Å². The maximum Gasteiger partial charge on any atom is 0.422 e. The zero-order chi connectivity index (χ0) is 24.8. The number of pyridine rings is 1. The van der Waals surface area contributed by atoms with Gasteiger partial charge in [0.15, 0.2) is 12.5 Å². The van der Waals surface area contributed by atoms with Crippen molar-refractivity contribution in [3.63, 3.8) is 0 Å².